The van der Waals surface area contributed by atoms with E-state index in [1.165, 1.54) is 0 Å². The summed E-state index contributed by atoms with van der Waals surface area (Å²) >= 11 is 0. The lowest BCUT2D eigenvalue weighted by Crippen LogP contribution is -2.39. The maximum atomic E-state index is 4.64. The summed E-state index contributed by atoms with van der Waals surface area (Å²) in [5, 5.41) is 1.64. The van der Waals surface area contributed by atoms with Crippen molar-refractivity contribution in [3.05, 3.63) is 12.5 Å². The molecule has 0 aliphatic carbocycles. The topological polar surface area (TPSA) is 36.5 Å². The average Bonchev–Trinajstić information content (AvgIpc) is 2.19. The number of hydrogen-bond donors (Lipinski definition) is 2. The molecule has 0 bridgehead atoms. The van der Waals surface area contributed by atoms with E-state index < -0.39 is 0 Å². The van der Waals surface area contributed by atoms with Gasteiger partial charge in [0.15, 0.2) is 0 Å². The van der Waals surface area contributed by atoms with Crippen LogP contribution in [0.5, 0.6) is 0 Å². The fraction of sp³-hybridized carbons (Fsp3) is 0.500. The normalized spacial score (nSPS) is 16.9. The van der Waals surface area contributed by atoms with Gasteiger partial charge in [-0.3, -0.25) is 0 Å². The van der Waals surface area contributed by atoms with Crippen LogP contribution >= 0.6 is 0 Å². The first-order chi connectivity index (χ1) is 3.93. The third kappa shape index (κ3) is 1.11. The van der Waals surface area contributed by atoms with Gasteiger partial charge in [0, 0.05) is 6.54 Å². The van der Waals surface area contributed by atoms with Crippen molar-refractivity contribution in [1.82, 2.24) is 16.1 Å². The molecule has 0 saturated carbocycles. The second kappa shape index (κ2) is 2.54. The van der Waals surface area contributed by atoms with Gasteiger partial charge in [0.1, 0.15) is 6.26 Å². The Balaban J connectivity index is 2.16. The summed E-state index contributed by atoms with van der Waals surface area (Å²) in [7, 11) is 0. The number of nitrogens with one attached hydrogen (secondary N) is 2. The Morgan fingerprint density at radius 1 is 1.88 bits per heavy atom. The number of rotatable bonds is 2. The number of hydrogen-bond acceptors (Lipinski definition) is 4. The van der Waals surface area contributed by atoms with Crippen molar-refractivity contribution in [3.63, 3.8) is 0 Å². The highest BCUT2D eigenvalue weighted by atomic mass is 16.7. The summed E-state index contributed by atoms with van der Waals surface area (Å²) in [5.74, 6) is 0. The fourth-order valence-electron chi connectivity index (χ4n) is 0.464. The zero-order valence-corrected chi connectivity index (χ0v) is 4.72. The van der Waals surface area contributed by atoms with E-state index in [-0.39, 0.29) is 0 Å². The Kier molecular flexibility index (Phi) is 1.71. The second-order valence-electron chi connectivity index (χ2n) is 1.38. The quantitative estimate of drug-likeness (QED) is 0.519. The van der Waals surface area contributed by atoms with Crippen LogP contribution in [0.15, 0.2) is 12.5 Å². The minimum atomic E-state index is 0.876. The Labute approximate surface area is 48.0 Å². The van der Waals surface area contributed by atoms with Gasteiger partial charge in [-0.25, -0.2) is 10.5 Å². The third-order valence-electron chi connectivity index (χ3n) is 0.757. The van der Waals surface area contributed by atoms with Crippen LogP contribution in [-0.4, -0.2) is 11.7 Å². The van der Waals surface area contributed by atoms with E-state index >= 15 is 0 Å². The average molecular weight is 115 g/mol. The SMILES string of the molecule is CCNN1C=CON1. The molecule has 0 atom stereocenters. The van der Waals surface area contributed by atoms with E-state index in [1.807, 2.05) is 6.92 Å². The molecule has 0 aromatic heterocycles. The molecule has 1 rings (SSSR count). The van der Waals surface area contributed by atoms with Gasteiger partial charge in [-0.2, -0.15) is 0 Å². The molecule has 0 fully saturated rings. The maximum Gasteiger partial charge on any atom is 0.132 e. The summed E-state index contributed by atoms with van der Waals surface area (Å²) in [6, 6.07) is 0. The van der Waals surface area contributed by atoms with Gasteiger partial charge in [-0.1, -0.05) is 12.5 Å². The minimum absolute atomic E-state index is 0.876. The molecule has 4 heteroatoms. The predicted octanol–water partition coefficient (Wildman–Crippen LogP) is -0.266. The molecule has 2 N–H and O–H groups in total. The van der Waals surface area contributed by atoms with Crippen molar-refractivity contribution < 1.29 is 4.84 Å². The summed E-state index contributed by atoms with van der Waals surface area (Å²) in [4.78, 5) is 4.64. The van der Waals surface area contributed by atoms with Crippen LogP contribution in [-0.2, 0) is 4.84 Å². The Morgan fingerprint density at radius 2 is 2.75 bits per heavy atom. The summed E-state index contributed by atoms with van der Waals surface area (Å²) in [6.07, 6.45) is 3.31. The van der Waals surface area contributed by atoms with Gasteiger partial charge < -0.3 is 4.84 Å². The number of hydrazine groups is 2. The lowest BCUT2D eigenvalue weighted by atomic mass is 10.8. The Morgan fingerprint density at radius 3 is 3.25 bits per heavy atom. The van der Waals surface area contributed by atoms with Gasteiger partial charge in [0.25, 0.3) is 0 Å². The molecule has 1 aliphatic rings. The standard InChI is InChI=1S/C4H9N3O/c1-2-5-7-3-4-8-6-7/h3-6H,2H2,1H3. The van der Waals surface area contributed by atoms with Gasteiger partial charge in [-0.05, 0) is 0 Å². The lowest BCUT2D eigenvalue weighted by Gasteiger charge is -2.12. The van der Waals surface area contributed by atoms with Crippen LogP contribution in [0.25, 0.3) is 0 Å². The molecule has 4 nitrogen and oxygen atoms in total. The molecule has 46 valence electrons. The van der Waals surface area contributed by atoms with E-state index in [1.54, 1.807) is 17.6 Å². The first-order valence-electron chi connectivity index (χ1n) is 2.54. The minimum Gasteiger partial charge on any atom is -0.394 e. The highest BCUT2D eigenvalue weighted by Crippen LogP contribution is 1.87. The molecule has 0 aromatic carbocycles. The third-order valence-corrected chi connectivity index (χ3v) is 0.757. The van der Waals surface area contributed by atoms with Crippen LogP contribution in [0.1, 0.15) is 6.92 Å². The van der Waals surface area contributed by atoms with Crippen LogP contribution < -0.4 is 11.0 Å². The molecule has 0 amide bonds. The van der Waals surface area contributed by atoms with Crippen molar-refractivity contribution >= 4 is 0 Å². The van der Waals surface area contributed by atoms with Crippen LogP contribution in [0.2, 0.25) is 0 Å². The largest absolute Gasteiger partial charge is 0.394 e. The lowest BCUT2D eigenvalue weighted by molar-refractivity contribution is 0.00591. The van der Waals surface area contributed by atoms with Crippen LogP contribution in [0.3, 0.4) is 0 Å². The highest BCUT2D eigenvalue weighted by molar-refractivity contribution is 4.72. The summed E-state index contributed by atoms with van der Waals surface area (Å²) in [6.45, 7) is 2.88. The molecular formula is C4H9N3O. The first-order valence-corrected chi connectivity index (χ1v) is 2.54. The predicted molar refractivity (Wildman–Crippen MR) is 28.9 cm³/mol. The Bertz CT molecular complexity index is 93.3. The molecule has 0 aromatic rings. The zero-order valence-electron chi connectivity index (χ0n) is 4.72. The smallest absolute Gasteiger partial charge is 0.132 e. The second-order valence-corrected chi connectivity index (χ2v) is 1.38. The van der Waals surface area contributed by atoms with E-state index in [9.17, 15) is 0 Å². The van der Waals surface area contributed by atoms with E-state index in [0.29, 0.717) is 0 Å². The molecule has 1 aliphatic heterocycles. The summed E-state index contributed by atoms with van der Waals surface area (Å²) < 4.78 is 0. The molecular weight excluding hydrogens is 106 g/mol. The molecule has 1 heterocycles. The van der Waals surface area contributed by atoms with Crippen molar-refractivity contribution in [1.29, 1.82) is 0 Å². The van der Waals surface area contributed by atoms with Crippen molar-refractivity contribution in [2.75, 3.05) is 6.54 Å². The number of nitrogens with zero attached hydrogens (tertiary/aromatic N) is 1. The van der Waals surface area contributed by atoms with Gasteiger partial charge in [-0.15, -0.1) is 0 Å². The monoisotopic (exact) mass is 115 g/mol. The molecule has 0 unspecified atom stereocenters. The molecule has 0 radical (unpaired) electrons. The molecule has 0 saturated heterocycles. The first kappa shape index (κ1) is 5.40. The van der Waals surface area contributed by atoms with Crippen molar-refractivity contribution in [2.45, 2.75) is 6.92 Å². The van der Waals surface area contributed by atoms with Crippen LogP contribution in [0, 0.1) is 0 Å². The maximum absolute atomic E-state index is 4.64. The van der Waals surface area contributed by atoms with Gasteiger partial charge in [0.05, 0.1) is 6.20 Å². The van der Waals surface area contributed by atoms with Gasteiger partial charge in [0.2, 0.25) is 0 Å². The summed E-state index contributed by atoms with van der Waals surface area (Å²) in [5.41, 5.74) is 5.52. The van der Waals surface area contributed by atoms with Crippen LogP contribution in [0.4, 0.5) is 0 Å². The fourth-order valence-corrected chi connectivity index (χ4v) is 0.464. The van der Waals surface area contributed by atoms with E-state index in [2.05, 4.69) is 15.9 Å². The molecule has 0 spiro atoms. The van der Waals surface area contributed by atoms with E-state index in [0.717, 1.165) is 6.54 Å². The van der Waals surface area contributed by atoms with Crippen molar-refractivity contribution in [2.24, 2.45) is 0 Å². The van der Waals surface area contributed by atoms with Gasteiger partial charge >= 0.3 is 0 Å². The highest BCUT2D eigenvalue weighted by Gasteiger charge is 1.98. The van der Waals surface area contributed by atoms with Crippen molar-refractivity contribution in [3.8, 4) is 0 Å². The molecule has 8 heavy (non-hydrogen) atoms. The Hall–Kier alpha value is -0.740. The zero-order chi connectivity index (χ0) is 5.82. The van der Waals surface area contributed by atoms with E-state index in [4.69, 9.17) is 0 Å².